The monoisotopic (exact) mass is 187 g/mol. The summed E-state index contributed by atoms with van der Waals surface area (Å²) in [6, 6.07) is 0.393. The summed E-state index contributed by atoms with van der Waals surface area (Å²) in [6.45, 7) is 11.2. The zero-order chi connectivity index (χ0) is 10.4. The number of likely N-dealkylation sites (N-methyl/N-ethyl adjacent to an activating group) is 1. The highest BCUT2D eigenvalue weighted by atomic mass is 16.5. The molecule has 0 spiro atoms. The largest absolute Gasteiger partial charge is 0.462 e. The van der Waals surface area contributed by atoms with Gasteiger partial charge in [-0.3, -0.25) is 9.69 Å². The molecule has 0 aliphatic rings. The first-order chi connectivity index (χ1) is 5.97. The van der Waals surface area contributed by atoms with Gasteiger partial charge in [0.1, 0.15) is 0 Å². The number of carbonyl (C=O) groups is 1. The minimum Gasteiger partial charge on any atom is -0.462 e. The lowest BCUT2D eigenvalue weighted by atomic mass is 10.3. The molecule has 0 aliphatic heterocycles. The van der Waals surface area contributed by atoms with Gasteiger partial charge in [0.15, 0.2) is 0 Å². The van der Waals surface area contributed by atoms with Crippen molar-refractivity contribution in [3.63, 3.8) is 0 Å². The first kappa shape index (κ1) is 12.4. The zero-order valence-electron chi connectivity index (χ0n) is 9.33. The van der Waals surface area contributed by atoms with Crippen LogP contribution in [0.2, 0.25) is 0 Å². The van der Waals surface area contributed by atoms with Gasteiger partial charge in [0, 0.05) is 6.04 Å². The van der Waals surface area contributed by atoms with Crippen LogP contribution in [0.4, 0.5) is 0 Å². The number of rotatable bonds is 5. The van der Waals surface area contributed by atoms with Gasteiger partial charge < -0.3 is 4.74 Å². The Balaban J connectivity index is 3.87. The Bertz CT molecular complexity index is 155. The molecule has 3 heteroatoms. The van der Waals surface area contributed by atoms with E-state index in [0.717, 1.165) is 6.54 Å². The van der Waals surface area contributed by atoms with Crippen LogP contribution < -0.4 is 0 Å². The molecular formula is C10H21NO2. The molecule has 13 heavy (non-hydrogen) atoms. The van der Waals surface area contributed by atoms with Crippen molar-refractivity contribution in [3.8, 4) is 0 Å². The van der Waals surface area contributed by atoms with Crippen LogP contribution in [0.15, 0.2) is 0 Å². The zero-order valence-corrected chi connectivity index (χ0v) is 9.33. The van der Waals surface area contributed by atoms with E-state index in [1.54, 1.807) is 0 Å². The van der Waals surface area contributed by atoms with Crippen LogP contribution in [0.1, 0.15) is 34.6 Å². The summed E-state index contributed by atoms with van der Waals surface area (Å²) in [5.74, 6) is -0.134. The van der Waals surface area contributed by atoms with E-state index in [1.807, 2.05) is 20.8 Å². The molecule has 0 bridgehead atoms. The van der Waals surface area contributed by atoms with Crippen LogP contribution in [0.5, 0.6) is 0 Å². The molecule has 3 nitrogen and oxygen atoms in total. The number of nitrogens with zero attached hydrogens (tertiary/aromatic N) is 1. The molecule has 0 unspecified atom stereocenters. The summed E-state index contributed by atoms with van der Waals surface area (Å²) in [6.07, 6.45) is -0.0154. The van der Waals surface area contributed by atoms with E-state index in [2.05, 4.69) is 18.7 Å². The smallest absolute Gasteiger partial charge is 0.320 e. The average Bonchev–Trinajstić information content (AvgIpc) is 1.98. The fraction of sp³-hybridized carbons (Fsp3) is 0.900. The fourth-order valence-electron chi connectivity index (χ4n) is 1.13. The van der Waals surface area contributed by atoms with Crippen molar-refractivity contribution in [3.05, 3.63) is 0 Å². The summed E-state index contributed by atoms with van der Waals surface area (Å²) >= 11 is 0. The molecule has 0 fully saturated rings. The predicted octanol–water partition coefficient (Wildman–Crippen LogP) is 1.67. The third kappa shape index (κ3) is 5.64. The van der Waals surface area contributed by atoms with Crippen molar-refractivity contribution in [2.24, 2.45) is 0 Å². The highest BCUT2D eigenvalue weighted by Crippen LogP contribution is 1.99. The van der Waals surface area contributed by atoms with Gasteiger partial charge in [0.25, 0.3) is 0 Å². The van der Waals surface area contributed by atoms with Gasteiger partial charge in [0.2, 0.25) is 0 Å². The average molecular weight is 187 g/mol. The Morgan fingerprint density at radius 2 is 1.85 bits per heavy atom. The van der Waals surface area contributed by atoms with Crippen molar-refractivity contribution in [2.45, 2.75) is 46.8 Å². The topological polar surface area (TPSA) is 29.5 Å². The van der Waals surface area contributed by atoms with E-state index in [9.17, 15) is 4.79 Å². The Labute approximate surface area is 81.1 Å². The molecule has 0 atom stereocenters. The molecule has 0 aromatic rings. The van der Waals surface area contributed by atoms with Crippen molar-refractivity contribution in [1.82, 2.24) is 4.90 Å². The van der Waals surface area contributed by atoms with Gasteiger partial charge in [-0.2, -0.15) is 0 Å². The lowest BCUT2D eigenvalue weighted by molar-refractivity contribution is -0.149. The number of hydrogen-bond acceptors (Lipinski definition) is 3. The van der Waals surface area contributed by atoms with E-state index in [-0.39, 0.29) is 12.1 Å². The number of hydrogen-bond donors (Lipinski definition) is 0. The SMILES string of the molecule is CCN(CC(=O)OC(C)C)C(C)C. The van der Waals surface area contributed by atoms with Crippen LogP contribution in [0.3, 0.4) is 0 Å². The molecule has 0 aromatic carbocycles. The minimum absolute atomic E-state index is 0.0154. The van der Waals surface area contributed by atoms with Gasteiger partial charge in [-0.25, -0.2) is 0 Å². The first-order valence-electron chi connectivity index (χ1n) is 4.90. The van der Waals surface area contributed by atoms with Crippen molar-refractivity contribution >= 4 is 5.97 Å². The summed E-state index contributed by atoms with van der Waals surface area (Å²) in [5.41, 5.74) is 0. The number of carbonyl (C=O) groups excluding carboxylic acids is 1. The second kappa shape index (κ2) is 5.97. The van der Waals surface area contributed by atoms with Gasteiger partial charge in [-0.1, -0.05) is 6.92 Å². The molecule has 0 aromatic heterocycles. The molecule has 0 N–H and O–H groups in total. The number of esters is 1. The molecule has 0 amide bonds. The maximum Gasteiger partial charge on any atom is 0.320 e. The standard InChI is InChI=1S/C10H21NO2/c1-6-11(8(2)3)7-10(12)13-9(4)5/h8-9H,6-7H2,1-5H3. The Morgan fingerprint density at radius 3 is 2.15 bits per heavy atom. The summed E-state index contributed by atoms with van der Waals surface area (Å²) in [5, 5.41) is 0. The van der Waals surface area contributed by atoms with Crippen LogP contribution in [0, 0.1) is 0 Å². The molecule has 0 aliphatic carbocycles. The lowest BCUT2D eigenvalue weighted by Gasteiger charge is -2.23. The van der Waals surface area contributed by atoms with Crippen molar-refractivity contribution in [2.75, 3.05) is 13.1 Å². The van der Waals surface area contributed by atoms with E-state index in [0.29, 0.717) is 12.6 Å². The second-order valence-electron chi connectivity index (χ2n) is 3.70. The first-order valence-corrected chi connectivity index (χ1v) is 4.90. The maximum absolute atomic E-state index is 11.3. The Kier molecular flexibility index (Phi) is 5.71. The normalized spacial score (nSPS) is 11.4. The van der Waals surface area contributed by atoms with Crippen LogP contribution in [-0.4, -0.2) is 36.1 Å². The van der Waals surface area contributed by atoms with Crippen molar-refractivity contribution < 1.29 is 9.53 Å². The molecule has 0 heterocycles. The molecule has 0 rings (SSSR count). The quantitative estimate of drug-likeness (QED) is 0.613. The van der Waals surface area contributed by atoms with Gasteiger partial charge in [-0.05, 0) is 34.2 Å². The maximum atomic E-state index is 11.3. The van der Waals surface area contributed by atoms with Gasteiger partial charge in [-0.15, -0.1) is 0 Å². The second-order valence-corrected chi connectivity index (χ2v) is 3.70. The highest BCUT2D eigenvalue weighted by molar-refractivity contribution is 5.71. The molecule has 0 radical (unpaired) electrons. The molecular weight excluding hydrogens is 166 g/mol. The predicted molar refractivity (Wildman–Crippen MR) is 53.6 cm³/mol. The van der Waals surface area contributed by atoms with Crippen LogP contribution >= 0.6 is 0 Å². The molecule has 78 valence electrons. The van der Waals surface area contributed by atoms with Crippen molar-refractivity contribution in [1.29, 1.82) is 0 Å². The molecule has 0 saturated heterocycles. The summed E-state index contributed by atoms with van der Waals surface area (Å²) in [4.78, 5) is 13.3. The fourth-order valence-corrected chi connectivity index (χ4v) is 1.13. The van der Waals surface area contributed by atoms with Gasteiger partial charge >= 0.3 is 5.97 Å². The van der Waals surface area contributed by atoms with Gasteiger partial charge in [0.05, 0.1) is 12.6 Å². The summed E-state index contributed by atoms with van der Waals surface area (Å²) in [7, 11) is 0. The summed E-state index contributed by atoms with van der Waals surface area (Å²) < 4.78 is 5.05. The van der Waals surface area contributed by atoms with Crippen LogP contribution in [-0.2, 0) is 9.53 Å². The van der Waals surface area contributed by atoms with E-state index in [1.165, 1.54) is 0 Å². The van der Waals surface area contributed by atoms with E-state index < -0.39 is 0 Å². The van der Waals surface area contributed by atoms with E-state index in [4.69, 9.17) is 4.74 Å². The third-order valence-corrected chi connectivity index (χ3v) is 1.84. The highest BCUT2D eigenvalue weighted by Gasteiger charge is 2.13. The Hall–Kier alpha value is -0.570. The lowest BCUT2D eigenvalue weighted by Crippen LogP contribution is -2.36. The minimum atomic E-state index is -0.134. The Morgan fingerprint density at radius 1 is 1.31 bits per heavy atom. The number of ether oxygens (including phenoxy) is 1. The third-order valence-electron chi connectivity index (χ3n) is 1.84. The van der Waals surface area contributed by atoms with Crippen LogP contribution in [0.25, 0.3) is 0 Å². The van der Waals surface area contributed by atoms with E-state index >= 15 is 0 Å². The molecule has 0 saturated carbocycles.